The zero-order valence-electron chi connectivity index (χ0n) is 10.2. The Morgan fingerprint density at radius 2 is 2.44 bits per heavy atom. The van der Waals surface area contributed by atoms with Crippen molar-refractivity contribution in [2.75, 3.05) is 26.7 Å². The molecule has 0 aromatic rings. The molecule has 2 unspecified atom stereocenters. The maximum atomic E-state index is 11.9. The molecular formula is C12H21N3O. The van der Waals surface area contributed by atoms with E-state index in [1.54, 1.807) is 11.9 Å². The third-order valence-electron chi connectivity index (χ3n) is 3.06. The quantitative estimate of drug-likeness (QED) is 0.773. The largest absolute Gasteiger partial charge is 0.344 e. The van der Waals surface area contributed by atoms with Gasteiger partial charge < -0.3 is 10.2 Å². The van der Waals surface area contributed by atoms with E-state index in [9.17, 15) is 4.79 Å². The summed E-state index contributed by atoms with van der Waals surface area (Å²) in [7, 11) is 1.78. The summed E-state index contributed by atoms with van der Waals surface area (Å²) in [5, 5.41) is 12.0. The minimum atomic E-state index is -0.0848. The van der Waals surface area contributed by atoms with Crippen LogP contribution in [0.25, 0.3) is 0 Å². The molecule has 0 aliphatic carbocycles. The standard InChI is InChI=1S/C12H21N3O/c1-10(7-13)9-15(2)12(16)6-11-4-3-5-14-8-11/h10-11,14H,3-6,8-9H2,1-2H3. The molecule has 4 nitrogen and oxygen atoms in total. The lowest BCUT2D eigenvalue weighted by molar-refractivity contribution is -0.131. The fourth-order valence-corrected chi connectivity index (χ4v) is 2.05. The van der Waals surface area contributed by atoms with Crippen molar-refractivity contribution in [3.05, 3.63) is 0 Å². The third kappa shape index (κ3) is 4.19. The van der Waals surface area contributed by atoms with Crippen molar-refractivity contribution in [1.82, 2.24) is 10.2 Å². The molecule has 0 bridgehead atoms. The molecule has 90 valence electrons. The number of hydrogen-bond donors (Lipinski definition) is 1. The van der Waals surface area contributed by atoms with Gasteiger partial charge in [-0.2, -0.15) is 5.26 Å². The number of carbonyl (C=O) groups excluding carboxylic acids is 1. The van der Waals surface area contributed by atoms with Crippen LogP contribution in [0.1, 0.15) is 26.2 Å². The van der Waals surface area contributed by atoms with Crippen molar-refractivity contribution < 1.29 is 4.79 Å². The topological polar surface area (TPSA) is 56.1 Å². The van der Waals surface area contributed by atoms with E-state index in [1.807, 2.05) is 6.92 Å². The van der Waals surface area contributed by atoms with Gasteiger partial charge in [0, 0.05) is 20.0 Å². The minimum absolute atomic E-state index is 0.0848. The molecule has 1 aliphatic rings. The molecule has 0 aromatic heterocycles. The predicted octanol–water partition coefficient (Wildman–Crippen LogP) is 0.994. The number of nitrogens with one attached hydrogen (secondary N) is 1. The van der Waals surface area contributed by atoms with Crippen LogP contribution in [0, 0.1) is 23.2 Å². The Kier molecular flexibility index (Phi) is 5.27. The van der Waals surface area contributed by atoms with E-state index in [0.29, 0.717) is 18.9 Å². The summed E-state index contributed by atoms with van der Waals surface area (Å²) < 4.78 is 0. The first-order chi connectivity index (χ1) is 7.63. The summed E-state index contributed by atoms with van der Waals surface area (Å²) in [5.41, 5.74) is 0. The monoisotopic (exact) mass is 223 g/mol. The third-order valence-corrected chi connectivity index (χ3v) is 3.06. The Morgan fingerprint density at radius 3 is 3.00 bits per heavy atom. The second-order valence-corrected chi connectivity index (χ2v) is 4.72. The maximum Gasteiger partial charge on any atom is 0.222 e. The van der Waals surface area contributed by atoms with Gasteiger partial charge >= 0.3 is 0 Å². The lowest BCUT2D eigenvalue weighted by Gasteiger charge is -2.25. The lowest BCUT2D eigenvalue weighted by atomic mass is 9.95. The first-order valence-corrected chi connectivity index (χ1v) is 5.97. The first-order valence-electron chi connectivity index (χ1n) is 5.97. The summed E-state index contributed by atoms with van der Waals surface area (Å²) in [4.78, 5) is 13.5. The molecular weight excluding hydrogens is 202 g/mol. The highest BCUT2D eigenvalue weighted by atomic mass is 16.2. The van der Waals surface area contributed by atoms with Crippen LogP contribution in [0.2, 0.25) is 0 Å². The number of amides is 1. The van der Waals surface area contributed by atoms with Gasteiger partial charge in [-0.1, -0.05) is 0 Å². The first kappa shape index (κ1) is 13.0. The van der Waals surface area contributed by atoms with Crippen molar-refractivity contribution in [2.24, 2.45) is 11.8 Å². The predicted molar refractivity (Wildman–Crippen MR) is 62.6 cm³/mol. The van der Waals surface area contributed by atoms with E-state index in [-0.39, 0.29) is 11.8 Å². The average Bonchev–Trinajstić information content (AvgIpc) is 2.30. The Balaban J connectivity index is 2.30. The van der Waals surface area contributed by atoms with E-state index in [2.05, 4.69) is 11.4 Å². The van der Waals surface area contributed by atoms with Gasteiger partial charge in [-0.15, -0.1) is 0 Å². The average molecular weight is 223 g/mol. The van der Waals surface area contributed by atoms with E-state index < -0.39 is 0 Å². The van der Waals surface area contributed by atoms with Crippen LogP contribution in [0.4, 0.5) is 0 Å². The molecule has 0 aromatic carbocycles. The number of carbonyl (C=O) groups is 1. The van der Waals surface area contributed by atoms with Gasteiger partial charge in [-0.3, -0.25) is 4.79 Å². The number of hydrogen-bond acceptors (Lipinski definition) is 3. The molecule has 1 heterocycles. The summed E-state index contributed by atoms with van der Waals surface area (Å²) in [6.45, 7) is 4.40. The SMILES string of the molecule is CC(C#N)CN(C)C(=O)CC1CCCNC1. The Morgan fingerprint density at radius 1 is 1.69 bits per heavy atom. The molecule has 4 heteroatoms. The molecule has 1 amide bonds. The number of rotatable bonds is 4. The smallest absolute Gasteiger partial charge is 0.222 e. The molecule has 1 rings (SSSR count). The van der Waals surface area contributed by atoms with Crippen LogP contribution in [0.3, 0.4) is 0 Å². The van der Waals surface area contributed by atoms with Gasteiger partial charge in [0.15, 0.2) is 0 Å². The summed E-state index contributed by atoms with van der Waals surface area (Å²) in [5.74, 6) is 0.551. The molecule has 0 saturated carbocycles. The molecule has 0 radical (unpaired) electrons. The highest BCUT2D eigenvalue weighted by Gasteiger charge is 2.19. The van der Waals surface area contributed by atoms with Crippen molar-refractivity contribution in [3.8, 4) is 6.07 Å². The van der Waals surface area contributed by atoms with Crippen LogP contribution in [0.15, 0.2) is 0 Å². The van der Waals surface area contributed by atoms with Crippen LogP contribution in [0.5, 0.6) is 0 Å². The molecule has 1 fully saturated rings. The highest BCUT2D eigenvalue weighted by molar-refractivity contribution is 5.76. The van der Waals surface area contributed by atoms with Gasteiger partial charge in [0.2, 0.25) is 5.91 Å². The Bertz CT molecular complexity index is 266. The van der Waals surface area contributed by atoms with Crippen molar-refractivity contribution in [2.45, 2.75) is 26.2 Å². The van der Waals surface area contributed by atoms with Crippen LogP contribution in [-0.2, 0) is 4.79 Å². The van der Waals surface area contributed by atoms with Gasteiger partial charge in [-0.25, -0.2) is 0 Å². The van der Waals surface area contributed by atoms with Crippen molar-refractivity contribution in [3.63, 3.8) is 0 Å². The molecule has 1 saturated heterocycles. The van der Waals surface area contributed by atoms with E-state index in [4.69, 9.17) is 5.26 Å². The van der Waals surface area contributed by atoms with Crippen LogP contribution < -0.4 is 5.32 Å². The summed E-state index contributed by atoms with van der Waals surface area (Å²) in [6.07, 6.45) is 2.91. The fraction of sp³-hybridized carbons (Fsp3) is 0.833. The van der Waals surface area contributed by atoms with Crippen molar-refractivity contribution in [1.29, 1.82) is 5.26 Å². The normalized spacial score (nSPS) is 22.2. The van der Waals surface area contributed by atoms with Gasteiger partial charge in [0.05, 0.1) is 12.0 Å². The highest BCUT2D eigenvalue weighted by Crippen LogP contribution is 2.15. The summed E-state index contributed by atoms with van der Waals surface area (Å²) in [6, 6.07) is 2.15. The molecule has 16 heavy (non-hydrogen) atoms. The maximum absolute atomic E-state index is 11.9. The Hall–Kier alpha value is -1.08. The minimum Gasteiger partial charge on any atom is -0.344 e. The van der Waals surface area contributed by atoms with Gasteiger partial charge in [-0.05, 0) is 38.8 Å². The number of piperidine rings is 1. The van der Waals surface area contributed by atoms with E-state index in [0.717, 1.165) is 25.9 Å². The second kappa shape index (κ2) is 6.49. The zero-order valence-corrected chi connectivity index (χ0v) is 10.2. The van der Waals surface area contributed by atoms with Gasteiger partial charge in [0.1, 0.15) is 0 Å². The number of nitriles is 1. The Labute approximate surface area is 97.6 Å². The van der Waals surface area contributed by atoms with Crippen LogP contribution >= 0.6 is 0 Å². The van der Waals surface area contributed by atoms with Crippen molar-refractivity contribution >= 4 is 5.91 Å². The van der Waals surface area contributed by atoms with Gasteiger partial charge in [0.25, 0.3) is 0 Å². The zero-order chi connectivity index (χ0) is 12.0. The molecule has 1 N–H and O–H groups in total. The van der Waals surface area contributed by atoms with E-state index in [1.165, 1.54) is 0 Å². The summed E-state index contributed by atoms with van der Waals surface area (Å²) >= 11 is 0. The molecule has 0 spiro atoms. The molecule has 1 aliphatic heterocycles. The lowest BCUT2D eigenvalue weighted by Crippen LogP contribution is -2.36. The fourth-order valence-electron chi connectivity index (χ4n) is 2.05. The van der Waals surface area contributed by atoms with E-state index >= 15 is 0 Å². The van der Waals surface area contributed by atoms with Crippen LogP contribution in [-0.4, -0.2) is 37.5 Å². The second-order valence-electron chi connectivity index (χ2n) is 4.72. The number of nitrogens with zero attached hydrogens (tertiary/aromatic N) is 2. The molecule has 2 atom stereocenters.